The lowest BCUT2D eigenvalue weighted by atomic mass is 10.0. The van der Waals surface area contributed by atoms with Crippen LogP contribution in [0.5, 0.6) is 0 Å². The lowest BCUT2D eigenvalue weighted by Crippen LogP contribution is -2.00. The Morgan fingerprint density at radius 1 is 0.255 bits per heavy atom. The van der Waals surface area contributed by atoms with E-state index in [1.807, 2.05) is 109 Å². The van der Waals surface area contributed by atoms with E-state index < -0.39 is 0 Å². The summed E-state index contributed by atoms with van der Waals surface area (Å²) in [6.45, 7) is 0. The van der Waals surface area contributed by atoms with Gasteiger partial charge < -0.3 is 4.42 Å². The van der Waals surface area contributed by atoms with Crippen molar-refractivity contribution in [2.75, 3.05) is 0 Å². The molecule has 7 aromatic carbocycles. The molecule has 0 amide bonds. The molecule has 0 saturated heterocycles. The van der Waals surface area contributed by atoms with Crippen LogP contribution in [0.2, 0.25) is 0 Å². The van der Waals surface area contributed by atoms with E-state index in [2.05, 4.69) is 78.9 Å². The van der Waals surface area contributed by atoms with Crippen LogP contribution in [0.4, 0.5) is 0 Å². The van der Waals surface area contributed by atoms with Crippen molar-refractivity contribution in [3.8, 4) is 79.2 Å². The maximum absolute atomic E-state index is 6.47. The van der Waals surface area contributed by atoms with Crippen LogP contribution in [0.15, 0.2) is 192 Å². The fourth-order valence-corrected chi connectivity index (χ4v) is 6.94. The summed E-state index contributed by atoms with van der Waals surface area (Å²) < 4.78 is 6.47. The van der Waals surface area contributed by atoms with E-state index in [-0.39, 0.29) is 0 Å². The zero-order valence-electron chi connectivity index (χ0n) is 29.5. The highest BCUT2D eigenvalue weighted by Gasteiger charge is 2.17. The summed E-state index contributed by atoms with van der Waals surface area (Å²) in [6, 6.07) is 63.5. The highest BCUT2D eigenvalue weighted by Crippen LogP contribution is 2.36. The Hall–Kier alpha value is -7.57. The van der Waals surface area contributed by atoms with Gasteiger partial charge in [-0.2, -0.15) is 0 Å². The molecule has 6 nitrogen and oxygen atoms in total. The number of fused-ring (bicyclic) bond motifs is 3. The van der Waals surface area contributed by atoms with Gasteiger partial charge in [0, 0.05) is 44.2 Å². The molecule has 3 aromatic heterocycles. The molecule has 10 rings (SSSR count). The number of hydrogen-bond donors (Lipinski definition) is 0. The third-order valence-electron chi connectivity index (χ3n) is 9.77. The van der Waals surface area contributed by atoms with Crippen molar-refractivity contribution in [2.45, 2.75) is 0 Å². The summed E-state index contributed by atoms with van der Waals surface area (Å²) in [4.78, 5) is 24.8. The van der Waals surface area contributed by atoms with Crippen LogP contribution in [0, 0.1) is 0 Å². The molecule has 0 bridgehead atoms. The lowest BCUT2D eigenvalue weighted by Gasteiger charge is -2.10. The van der Waals surface area contributed by atoms with Crippen molar-refractivity contribution in [1.82, 2.24) is 24.9 Å². The first-order valence-electron chi connectivity index (χ1n) is 18.2. The molecule has 0 unspecified atom stereocenters. The van der Waals surface area contributed by atoms with Crippen LogP contribution < -0.4 is 0 Å². The molecule has 6 heteroatoms. The van der Waals surface area contributed by atoms with E-state index in [0.717, 1.165) is 72.3 Å². The molecule has 55 heavy (non-hydrogen) atoms. The van der Waals surface area contributed by atoms with Crippen molar-refractivity contribution in [2.24, 2.45) is 0 Å². The Morgan fingerprint density at radius 2 is 0.673 bits per heavy atom. The van der Waals surface area contributed by atoms with Crippen LogP contribution in [0.25, 0.3) is 101 Å². The minimum Gasteiger partial charge on any atom is -0.456 e. The Labute approximate surface area is 317 Å². The summed E-state index contributed by atoms with van der Waals surface area (Å²) in [5.74, 6) is 2.48. The van der Waals surface area contributed by atoms with Crippen LogP contribution in [-0.4, -0.2) is 24.9 Å². The van der Waals surface area contributed by atoms with Crippen molar-refractivity contribution in [3.05, 3.63) is 188 Å². The first kappa shape index (κ1) is 32.1. The quantitative estimate of drug-likeness (QED) is 0.164. The second-order valence-electron chi connectivity index (χ2n) is 13.3. The number of nitrogens with zero attached hydrogens (tertiary/aromatic N) is 5. The van der Waals surface area contributed by atoms with Gasteiger partial charge in [0.2, 0.25) is 0 Å². The van der Waals surface area contributed by atoms with Gasteiger partial charge in [0.05, 0.1) is 11.4 Å². The van der Waals surface area contributed by atoms with Gasteiger partial charge in [0.1, 0.15) is 11.2 Å². The van der Waals surface area contributed by atoms with Gasteiger partial charge in [-0.1, -0.05) is 152 Å². The van der Waals surface area contributed by atoms with Crippen molar-refractivity contribution < 1.29 is 4.42 Å². The first-order chi connectivity index (χ1) is 27.2. The number of furan rings is 1. The average molecular weight is 706 g/mol. The second kappa shape index (κ2) is 13.8. The largest absolute Gasteiger partial charge is 0.456 e. The first-order valence-corrected chi connectivity index (χ1v) is 18.2. The van der Waals surface area contributed by atoms with Crippen LogP contribution >= 0.6 is 0 Å². The maximum Gasteiger partial charge on any atom is 0.164 e. The maximum atomic E-state index is 6.47. The molecule has 0 aliphatic rings. The molecule has 0 saturated carbocycles. The highest BCUT2D eigenvalue weighted by atomic mass is 16.3. The van der Waals surface area contributed by atoms with Gasteiger partial charge >= 0.3 is 0 Å². The molecule has 10 aromatic rings. The third kappa shape index (κ3) is 6.32. The predicted molar refractivity (Wildman–Crippen MR) is 221 cm³/mol. The molecule has 3 heterocycles. The van der Waals surface area contributed by atoms with E-state index in [9.17, 15) is 0 Å². The summed E-state index contributed by atoms with van der Waals surface area (Å²) in [7, 11) is 0. The van der Waals surface area contributed by atoms with Crippen molar-refractivity contribution in [1.29, 1.82) is 0 Å². The lowest BCUT2D eigenvalue weighted by molar-refractivity contribution is 0.669. The molecular formula is C49H31N5O. The Morgan fingerprint density at radius 3 is 1.24 bits per heavy atom. The van der Waals surface area contributed by atoms with E-state index in [1.54, 1.807) is 0 Å². The molecular weight excluding hydrogens is 675 g/mol. The monoisotopic (exact) mass is 705 g/mol. The van der Waals surface area contributed by atoms with Gasteiger partial charge in [-0.3, -0.25) is 0 Å². The third-order valence-corrected chi connectivity index (χ3v) is 9.77. The zero-order valence-corrected chi connectivity index (χ0v) is 29.5. The van der Waals surface area contributed by atoms with E-state index in [0.29, 0.717) is 23.3 Å². The van der Waals surface area contributed by atoms with Crippen LogP contribution in [0.1, 0.15) is 0 Å². The molecule has 0 fully saturated rings. The molecule has 0 radical (unpaired) electrons. The van der Waals surface area contributed by atoms with Crippen molar-refractivity contribution in [3.63, 3.8) is 0 Å². The van der Waals surface area contributed by atoms with Gasteiger partial charge in [0.15, 0.2) is 23.3 Å². The smallest absolute Gasteiger partial charge is 0.164 e. The molecule has 0 aliphatic heterocycles. The number of rotatable bonds is 7. The number of aromatic nitrogens is 5. The number of hydrogen-bond acceptors (Lipinski definition) is 6. The fourth-order valence-electron chi connectivity index (χ4n) is 6.94. The predicted octanol–water partition coefficient (Wildman–Crippen LogP) is 12.2. The SMILES string of the molecule is c1ccc(-c2ccc(-c3cc(-c4ccc5oc6cc(-c7nc(-c8ccccc8)nc(-c8ccccc8)n7)ccc6c5c4)nc(-c4ccccc4)n3)cc2)cc1. The van der Waals surface area contributed by atoms with E-state index in [4.69, 9.17) is 29.3 Å². The Balaban J connectivity index is 1.05. The summed E-state index contributed by atoms with van der Waals surface area (Å²) in [5, 5.41) is 1.99. The fraction of sp³-hybridized carbons (Fsp3) is 0. The van der Waals surface area contributed by atoms with Crippen molar-refractivity contribution >= 4 is 21.9 Å². The second-order valence-corrected chi connectivity index (χ2v) is 13.3. The molecule has 0 atom stereocenters. The van der Waals surface area contributed by atoms with Gasteiger partial charge in [-0.25, -0.2) is 24.9 Å². The van der Waals surface area contributed by atoms with Gasteiger partial charge in [-0.05, 0) is 47.5 Å². The molecule has 0 spiro atoms. The van der Waals surface area contributed by atoms with E-state index in [1.165, 1.54) is 5.56 Å². The molecule has 0 aliphatic carbocycles. The zero-order chi connectivity index (χ0) is 36.6. The standard InChI is InChI=1S/C49H31N5O/c1-5-13-32(14-6-1)33-21-23-34(24-22-33)42-31-43(51-46(50-42)35-15-7-2-8-16-35)38-26-28-44-41(29-38)40-27-25-39(30-45(40)55-44)49-53-47(36-17-9-3-10-18-36)52-48(54-49)37-19-11-4-12-20-37/h1-31H. The summed E-state index contributed by atoms with van der Waals surface area (Å²) in [6.07, 6.45) is 0. The average Bonchev–Trinajstić information content (AvgIpc) is 3.65. The van der Waals surface area contributed by atoms with Crippen LogP contribution in [-0.2, 0) is 0 Å². The summed E-state index contributed by atoms with van der Waals surface area (Å²) >= 11 is 0. The topological polar surface area (TPSA) is 77.6 Å². The van der Waals surface area contributed by atoms with Gasteiger partial charge in [-0.15, -0.1) is 0 Å². The Bertz CT molecular complexity index is 2890. The van der Waals surface area contributed by atoms with E-state index >= 15 is 0 Å². The normalized spacial score (nSPS) is 11.3. The summed E-state index contributed by atoms with van der Waals surface area (Å²) in [5.41, 5.74) is 11.2. The number of benzene rings is 7. The molecule has 258 valence electrons. The Kier molecular flexibility index (Phi) is 8.04. The molecule has 0 N–H and O–H groups in total. The minimum atomic E-state index is 0.578. The van der Waals surface area contributed by atoms with Gasteiger partial charge in [0.25, 0.3) is 0 Å². The van der Waals surface area contributed by atoms with Crippen LogP contribution in [0.3, 0.4) is 0 Å². The minimum absolute atomic E-state index is 0.578. The highest BCUT2D eigenvalue weighted by molar-refractivity contribution is 6.07.